The lowest BCUT2D eigenvalue weighted by Gasteiger charge is -2.13. The number of halogens is 2. The van der Waals surface area contributed by atoms with Gasteiger partial charge in [0.15, 0.2) is 0 Å². The zero-order valence-corrected chi connectivity index (χ0v) is 14.5. The number of carbonyl (C=O) groups excluding carboxylic acids is 1. The Morgan fingerprint density at radius 3 is 2.75 bits per heavy atom. The summed E-state index contributed by atoms with van der Waals surface area (Å²) in [5, 5.41) is 20.6. The van der Waals surface area contributed by atoms with Gasteiger partial charge in [0.1, 0.15) is 11.5 Å². The first kappa shape index (κ1) is 17.2. The standard InChI is InChI=1S/C15H17Cl2N5O2/c1-8-20-14(15(24)19-6-9-5-18-7-12(9)23)21-22(8)13-10(16)3-2-4-11(13)17/h2-4,9,12,18,23H,5-7H2,1H3,(H,19,24). The number of rotatable bonds is 4. The van der Waals surface area contributed by atoms with Gasteiger partial charge >= 0.3 is 0 Å². The zero-order valence-electron chi connectivity index (χ0n) is 13.0. The molecule has 1 aliphatic heterocycles. The zero-order chi connectivity index (χ0) is 17.3. The maximum absolute atomic E-state index is 12.3. The van der Waals surface area contributed by atoms with Crippen molar-refractivity contribution in [1.82, 2.24) is 25.4 Å². The van der Waals surface area contributed by atoms with E-state index in [1.807, 2.05) is 0 Å². The maximum atomic E-state index is 12.3. The van der Waals surface area contributed by atoms with E-state index in [0.29, 0.717) is 41.2 Å². The second-order valence-electron chi connectivity index (χ2n) is 5.66. The van der Waals surface area contributed by atoms with Crippen LogP contribution in [0, 0.1) is 12.8 Å². The number of carbonyl (C=O) groups is 1. The minimum atomic E-state index is -0.459. The van der Waals surface area contributed by atoms with E-state index < -0.39 is 12.0 Å². The average Bonchev–Trinajstić information content (AvgIpc) is 3.11. The van der Waals surface area contributed by atoms with Crippen LogP contribution in [0.5, 0.6) is 0 Å². The Morgan fingerprint density at radius 1 is 1.42 bits per heavy atom. The summed E-state index contributed by atoms with van der Waals surface area (Å²) in [6, 6.07) is 5.12. The fourth-order valence-corrected chi connectivity index (χ4v) is 3.18. The first-order chi connectivity index (χ1) is 11.5. The van der Waals surface area contributed by atoms with Crippen LogP contribution in [0.4, 0.5) is 0 Å². The second-order valence-corrected chi connectivity index (χ2v) is 6.47. The van der Waals surface area contributed by atoms with E-state index in [2.05, 4.69) is 20.7 Å². The lowest BCUT2D eigenvalue weighted by molar-refractivity contribution is 0.0917. The minimum Gasteiger partial charge on any atom is -0.391 e. The largest absolute Gasteiger partial charge is 0.391 e. The number of amides is 1. The third kappa shape index (κ3) is 3.39. The Kier molecular flexibility index (Phi) is 5.05. The quantitative estimate of drug-likeness (QED) is 0.752. The highest BCUT2D eigenvalue weighted by Crippen LogP contribution is 2.28. The van der Waals surface area contributed by atoms with Gasteiger partial charge in [-0.1, -0.05) is 29.3 Å². The number of aryl methyl sites for hydroxylation is 1. The van der Waals surface area contributed by atoms with Crippen LogP contribution in [0.15, 0.2) is 18.2 Å². The van der Waals surface area contributed by atoms with Crippen molar-refractivity contribution in [2.45, 2.75) is 13.0 Å². The number of aromatic nitrogens is 3. The van der Waals surface area contributed by atoms with Crippen molar-refractivity contribution in [3.63, 3.8) is 0 Å². The maximum Gasteiger partial charge on any atom is 0.290 e. The third-order valence-electron chi connectivity index (χ3n) is 3.95. The summed E-state index contributed by atoms with van der Waals surface area (Å²) in [6.07, 6.45) is -0.459. The van der Waals surface area contributed by atoms with E-state index in [-0.39, 0.29) is 11.7 Å². The molecule has 0 aliphatic carbocycles. The minimum absolute atomic E-state index is 0.0184. The van der Waals surface area contributed by atoms with Gasteiger partial charge < -0.3 is 15.7 Å². The molecule has 1 amide bonds. The van der Waals surface area contributed by atoms with Crippen LogP contribution in [0.2, 0.25) is 10.0 Å². The molecule has 128 valence electrons. The molecular weight excluding hydrogens is 353 g/mol. The molecular formula is C15H17Cl2N5O2. The summed E-state index contributed by atoms with van der Waals surface area (Å²) in [5.41, 5.74) is 0.486. The number of aliphatic hydroxyl groups excluding tert-OH is 1. The summed E-state index contributed by atoms with van der Waals surface area (Å²) in [4.78, 5) is 16.4. The number of para-hydroxylation sites is 1. The van der Waals surface area contributed by atoms with Crippen molar-refractivity contribution < 1.29 is 9.90 Å². The van der Waals surface area contributed by atoms with Crippen LogP contribution in [-0.2, 0) is 0 Å². The van der Waals surface area contributed by atoms with Gasteiger partial charge in [-0.25, -0.2) is 9.67 Å². The Labute approximate surface area is 149 Å². The van der Waals surface area contributed by atoms with E-state index in [4.69, 9.17) is 23.2 Å². The van der Waals surface area contributed by atoms with Crippen LogP contribution in [0.1, 0.15) is 16.4 Å². The molecule has 9 heteroatoms. The molecule has 1 fully saturated rings. The third-order valence-corrected chi connectivity index (χ3v) is 4.56. The fourth-order valence-electron chi connectivity index (χ4n) is 2.62. The summed E-state index contributed by atoms with van der Waals surface area (Å²) in [6.45, 7) is 3.27. The lowest BCUT2D eigenvalue weighted by atomic mass is 10.1. The summed E-state index contributed by atoms with van der Waals surface area (Å²) >= 11 is 12.4. The van der Waals surface area contributed by atoms with Gasteiger partial charge in [0.25, 0.3) is 5.91 Å². The molecule has 1 aromatic carbocycles. The Bertz CT molecular complexity index is 744. The molecule has 1 saturated heterocycles. The van der Waals surface area contributed by atoms with E-state index in [1.165, 1.54) is 4.68 Å². The highest BCUT2D eigenvalue weighted by Gasteiger charge is 2.26. The topological polar surface area (TPSA) is 92.1 Å². The molecule has 0 saturated carbocycles. The van der Waals surface area contributed by atoms with E-state index >= 15 is 0 Å². The van der Waals surface area contributed by atoms with Crippen molar-refractivity contribution in [2.24, 2.45) is 5.92 Å². The Hall–Kier alpha value is -1.67. The van der Waals surface area contributed by atoms with Gasteiger partial charge in [0, 0.05) is 25.6 Å². The van der Waals surface area contributed by atoms with Crippen LogP contribution in [-0.4, -0.2) is 51.5 Å². The highest BCUT2D eigenvalue weighted by atomic mass is 35.5. The van der Waals surface area contributed by atoms with Crippen LogP contribution in [0.3, 0.4) is 0 Å². The SMILES string of the molecule is Cc1nc(C(=O)NCC2CNCC2O)nn1-c1c(Cl)cccc1Cl. The molecule has 0 spiro atoms. The monoisotopic (exact) mass is 369 g/mol. The number of benzene rings is 1. The van der Waals surface area contributed by atoms with E-state index in [9.17, 15) is 9.90 Å². The molecule has 7 nitrogen and oxygen atoms in total. The molecule has 1 aromatic heterocycles. The molecule has 3 N–H and O–H groups in total. The van der Waals surface area contributed by atoms with Crippen molar-refractivity contribution in [1.29, 1.82) is 0 Å². The van der Waals surface area contributed by atoms with Crippen LogP contribution < -0.4 is 10.6 Å². The van der Waals surface area contributed by atoms with E-state index in [1.54, 1.807) is 25.1 Å². The average molecular weight is 370 g/mol. The van der Waals surface area contributed by atoms with Gasteiger partial charge in [0.05, 0.1) is 16.1 Å². The predicted octanol–water partition coefficient (Wildman–Crippen LogP) is 1.19. The number of nitrogens with one attached hydrogen (secondary N) is 2. The van der Waals surface area contributed by atoms with Crippen molar-refractivity contribution in [3.05, 3.63) is 39.9 Å². The molecule has 2 unspecified atom stereocenters. The molecule has 2 atom stereocenters. The van der Waals surface area contributed by atoms with Crippen molar-refractivity contribution >= 4 is 29.1 Å². The van der Waals surface area contributed by atoms with Gasteiger partial charge in [-0.2, -0.15) is 0 Å². The molecule has 2 aromatic rings. The molecule has 24 heavy (non-hydrogen) atoms. The van der Waals surface area contributed by atoms with Crippen molar-refractivity contribution in [2.75, 3.05) is 19.6 Å². The van der Waals surface area contributed by atoms with Crippen LogP contribution >= 0.6 is 23.2 Å². The molecule has 0 bridgehead atoms. The van der Waals surface area contributed by atoms with Gasteiger partial charge in [-0.15, -0.1) is 5.10 Å². The molecule has 3 rings (SSSR count). The number of β-amino-alcohol motifs (C(OH)–C–C–N with tert-alkyl or cyclic N) is 1. The predicted molar refractivity (Wildman–Crippen MR) is 90.8 cm³/mol. The number of hydrogen-bond donors (Lipinski definition) is 3. The first-order valence-corrected chi connectivity index (χ1v) is 8.28. The smallest absolute Gasteiger partial charge is 0.290 e. The number of hydrogen-bond acceptors (Lipinski definition) is 5. The lowest BCUT2D eigenvalue weighted by Crippen LogP contribution is -2.34. The molecule has 1 aliphatic rings. The fraction of sp³-hybridized carbons (Fsp3) is 0.400. The highest BCUT2D eigenvalue weighted by molar-refractivity contribution is 6.37. The first-order valence-electron chi connectivity index (χ1n) is 7.52. The summed E-state index contributed by atoms with van der Waals surface area (Å²) in [5.74, 6) is 0.107. The number of nitrogens with zero attached hydrogens (tertiary/aromatic N) is 3. The normalized spacial score (nSPS) is 20.3. The van der Waals surface area contributed by atoms with Gasteiger partial charge in [0.2, 0.25) is 5.82 Å². The Balaban J connectivity index is 1.77. The Morgan fingerprint density at radius 2 is 2.12 bits per heavy atom. The van der Waals surface area contributed by atoms with Crippen molar-refractivity contribution in [3.8, 4) is 5.69 Å². The van der Waals surface area contributed by atoms with Crippen LogP contribution in [0.25, 0.3) is 5.69 Å². The van der Waals surface area contributed by atoms with Gasteiger partial charge in [-0.3, -0.25) is 4.79 Å². The van der Waals surface area contributed by atoms with E-state index in [0.717, 1.165) is 0 Å². The second kappa shape index (κ2) is 7.06. The summed E-state index contributed by atoms with van der Waals surface area (Å²) < 4.78 is 1.45. The molecule has 2 heterocycles. The number of aliphatic hydroxyl groups is 1. The molecule has 0 radical (unpaired) electrons. The summed E-state index contributed by atoms with van der Waals surface area (Å²) in [7, 11) is 0. The van der Waals surface area contributed by atoms with Gasteiger partial charge in [-0.05, 0) is 19.1 Å².